The van der Waals surface area contributed by atoms with Gasteiger partial charge in [0.25, 0.3) is 0 Å². The normalized spacial score (nSPS) is 11.8. The van der Waals surface area contributed by atoms with Crippen LogP contribution < -0.4 is 9.47 Å². The van der Waals surface area contributed by atoms with Crippen LogP contribution in [0.3, 0.4) is 0 Å². The maximum atomic E-state index is 11.8. The van der Waals surface area contributed by atoms with Gasteiger partial charge in [-0.1, -0.05) is 6.07 Å². The molecule has 1 rings (SSSR count). The van der Waals surface area contributed by atoms with Crippen LogP contribution in [0.5, 0.6) is 11.5 Å². The zero-order valence-corrected chi connectivity index (χ0v) is 13.6. The maximum absolute atomic E-state index is 11.8. The van der Waals surface area contributed by atoms with E-state index in [2.05, 4.69) is 0 Å². The van der Waals surface area contributed by atoms with E-state index in [1.54, 1.807) is 13.2 Å². The van der Waals surface area contributed by atoms with Crippen molar-refractivity contribution in [1.29, 1.82) is 0 Å². The Morgan fingerprint density at radius 1 is 1.19 bits per heavy atom. The predicted octanol–water partition coefficient (Wildman–Crippen LogP) is 3.84. The van der Waals surface area contributed by atoms with Crippen molar-refractivity contribution in [3.8, 4) is 11.5 Å². The maximum Gasteiger partial charge on any atom is 0.331 e. The molecule has 0 aliphatic heterocycles. The second-order valence-electron chi connectivity index (χ2n) is 5.91. The third-order valence-electron chi connectivity index (χ3n) is 2.40. The molecule has 4 nitrogen and oxygen atoms in total. The van der Waals surface area contributed by atoms with Gasteiger partial charge in [-0.25, -0.2) is 4.79 Å². The summed E-state index contributed by atoms with van der Waals surface area (Å²) in [5.41, 5.74) is 0.207. The molecule has 0 amide bonds. The molecule has 0 saturated carbocycles. The van der Waals surface area contributed by atoms with Crippen molar-refractivity contribution in [2.45, 2.75) is 46.3 Å². The van der Waals surface area contributed by atoms with Crippen molar-refractivity contribution in [3.63, 3.8) is 0 Å². The molecule has 4 heteroatoms. The molecular weight excluding hydrogens is 268 g/mol. The lowest BCUT2D eigenvalue weighted by molar-refractivity contribution is -0.148. The summed E-state index contributed by atoms with van der Waals surface area (Å²) in [4.78, 5) is 11.8. The van der Waals surface area contributed by atoms with Crippen LogP contribution >= 0.6 is 0 Å². The first-order chi connectivity index (χ1) is 9.73. The van der Waals surface area contributed by atoms with Crippen LogP contribution in [0.2, 0.25) is 0 Å². The van der Waals surface area contributed by atoms with Gasteiger partial charge in [0.1, 0.15) is 17.1 Å². The standard InChI is InChI=1S/C17H24O4/c1-12(2)20-15-9-7-8-14(19-6)13(15)10-11-16(18)21-17(3,4)5/h7-12H,1-6H3/b11-10+. The van der Waals surface area contributed by atoms with E-state index >= 15 is 0 Å². The summed E-state index contributed by atoms with van der Waals surface area (Å²) >= 11 is 0. The molecule has 0 aliphatic carbocycles. The summed E-state index contributed by atoms with van der Waals surface area (Å²) in [6, 6.07) is 5.51. The molecule has 0 saturated heterocycles. The fourth-order valence-corrected chi connectivity index (χ4v) is 1.71. The molecule has 0 aliphatic rings. The number of benzene rings is 1. The summed E-state index contributed by atoms with van der Waals surface area (Å²) in [7, 11) is 1.58. The van der Waals surface area contributed by atoms with Crippen molar-refractivity contribution >= 4 is 12.0 Å². The first-order valence-electron chi connectivity index (χ1n) is 6.97. The minimum atomic E-state index is -0.514. The molecule has 21 heavy (non-hydrogen) atoms. The fourth-order valence-electron chi connectivity index (χ4n) is 1.71. The molecule has 0 radical (unpaired) electrons. The molecule has 1 aromatic rings. The molecule has 0 bridgehead atoms. The van der Waals surface area contributed by atoms with Gasteiger partial charge in [0.05, 0.1) is 18.8 Å². The van der Waals surface area contributed by atoms with Crippen molar-refractivity contribution < 1.29 is 19.0 Å². The molecule has 0 aromatic heterocycles. The van der Waals surface area contributed by atoms with Gasteiger partial charge >= 0.3 is 5.97 Å². The highest BCUT2D eigenvalue weighted by Crippen LogP contribution is 2.30. The Bertz CT molecular complexity index is 510. The quantitative estimate of drug-likeness (QED) is 0.611. The lowest BCUT2D eigenvalue weighted by Gasteiger charge is -2.18. The van der Waals surface area contributed by atoms with E-state index in [0.717, 1.165) is 5.56 Å². The van der Waals surface area contributed by atoms with E-state index in [9.17, 15) is 4.79 Å². The number of hydrogen-bond donors (Lipinski definition) is 0. The summed E-state index contributed by atoms with van der Waals surface area (Å²) in [5.74, 6) is 0.918. The van der Waals surface area contributed by atoms with E-state index in [1.165, 1.54) is 6.08 Å². The highest BCUT2D eigenvalue weighted by molar-refractivity contribution is 5.88. The van der Waals surface area contributed by atoms with Crippen molar-refractivity contribution in [1.82, 2.24) is 0 Å². The number of carbonyl (C=O) groups excluding carboxylic acids is 1. The Labute approximate surface area is 126 Å². The van der Waals surface area contributed by atoms with Crippen LogP contribution in [0.4, 0.5) is 0 Å². The SMILES string of the molecule is COc1cccc(OC(C)C)c1/C=C/C(=O)OC(C)(C)C. The second kappa shape index (κ2) is 7.16. The van der Waals surface area contributed by atoms with Crippen LogP contribution in [-0.2, 0) is 9.53 Å². The third kappa shape index (κ3) is 5.90. The first kappa shape index (κ1) is 17.1. The molecule has 116 valence electrons. The van der Waals surface area contributed by atoms with E-state index in [1.807, 2.05) is 52.8 Å². The fraction of sp³-hybridized carbons (Fsp3) is 0.471. The number of methoxy groups -OCH3 is 1. The van der Waals surface area contributed by atoms with Crippen LogP contribution in [0.1, 0.15) is 40.2 Å². The van der Waals surface area contributed by atoms with Gasteiger partial charge in [-0.2, -0.15) is 0 Å². The van der Waals surface area contributed by atoms with Gasteiger partial charge in [0, 0.05) is 6.08 Å². The Hall–Kier alpha value is -1.97. The molecule has 0 heterocycles. The van der Waals surface area contributed by atoms with E-state index in [4.69, 9.17) is 14.2 Å². The van der Waals surface area contributed by atoms with Crippen molar-refractivity contribution in [2.24, 2.45) is 0 Å². The largest absolute Gasteiger partial charge is 0.496 e. The van der Waals surface area contributed by atoms with Crippen LogP contribution in [0, 0.1) is 0 Å². The Kier molecular flexibility index (Phi) is 5.82. The van der Waals surface area contributed by atoms with E-state index in [-0.39, 0.29) is 6.10 Å². The molecule has 0 atom stereocenters. The number of rotatable bonds is 5. The first-order valence-corrected chi connectivity index (χ1v) is 6.97. The molecule has 0 spiro atoms. The van der Waals surface area contributed by atoms with Gasteiger partial charge in [0.2, 0.25) is 0 Å². The second-order valence-corrected chi connectivity index (χ2v) is 5.91. The van der Waals surface area contributed by atoms with Gasteiger partial charge in [-0.15, -0.1) is 0 Å². The minimum Gasteiger partial charge on any atom is -0.496 e. The average molecular weight is 292 g/mol. The summed E-state index contributed by atoms with van der Waals surface area (Å²) in [6.45, 7) is 9.38. The van der Waals surface area contributed by atoms with Gasteiger partial charge in [-0.05, 0) is 52.8 Å². The van der Waals surface area contributed by atoms with Crippen LogP contribution in [0.15, 0.2) is 24.3 Å². The Balaban J connectivity index is 3.02. The number of hydrogen-bond acceptors (Lipinski definition) is 4. The van der Waals surface area contributed by atoms with E-state index in [0.29, 0.717) is 11.5 Å². The van der Waals surface area contributed by atoms with Crippen LogP contribution in [0.25, 0.3) is 6.08 Å². The number of carbonyl (C=O) groups is 1. The Morgan fingerprint density at radius 2 is 1.81 bits per heavy atom. The number of ether oxygens (including phenoxy) is 3. The summed E-state index contributed by atoms with van der Waals surface area (Å²) < 4.78 is 16.3. The van der Waals surface area contributed by atoms with Gasteiger partial charge in [0.15, 0.2) is 0 Å². The molecule has 0 unspecified atom stereocenters. The molecular formula is C17H24O4. The highest BCUT2D eigenvalue weighted by Gasteiger charge is 2.15. The van der Waals surface area contributed by atoms with Gasteiger partial charge in [-0.3, -0.25) is 0 Å². The lowest BCUT2D eigenvalue weighted by atomic mass is 10.1. The summed E-state index contributed by atoms with van der Waals surface area (Å²) in [5, 5.41) is 0. The minimum absolute atomic E-state index is 0.0331. The third-order valence-corrected chi connectivity index (χ3v) is 2.40. The number of esters is 1. The predicted molar refractivity (Wildman–Crippen MR) is 83.6 cm³/mol. The highest BCUT2D eigenvalue weighted by atomic mass is 16.6. The van der Waals surface area contributed by atoms with E-state index < -0.39 is 11.6 Å². The topological polar surface area (TPSA) is 44.8 Å². The van der Waals surface area contributed by atoms with Gasteiger partial charge < -0.3 is 14.2 Å². The smallest absolute Gasteiger partial charge is 0.331 e. The molecule has 1 aromatic carbocycles. The lowest BCUT2D eigenvalue weighted by Crippen LogP contribution is -2.22. The monoisotopic (exact) mass is 292 g/mol. The zero-order valence-electron chi connectivity index (χ0n) is 13.6. The molecule has 0 N–H and O–H groups in total. The van der Waals surface area contributed by atoms with Crippen molar-refractivity contribution in [2.75, 3.05) is 7.11 Å². The average Bonchev–Trinajstić information content (AvgIpc) is 2.34. The zero-order chi connectivity index (χ0) is 16.0. The van der Waals surface area contributed by atoms with Crippen molar-refractivity contribution in [3.05, 3.63) is 29.8 Å². The van der Waals surface area contributed by atoms with Crippen LogP contribution in [-0.4, -0.2) is 24.8 Å². The molecule has 0 fully saturated rings. The Morgan fingerprint density at radius 3 is 2.33 bits per heavy atom. The summed E-state index contributed by atoms with van der Waals surface area (Å²) in [6.07, 6.45) is 3.08.